The van der Waals surface area contributed by atoms with Crippen LogP contribution in [0.2, 0.25) is 0 Å². The van der Waals surface area contributed by atoms with Gasteiger partial charge in [-0.25, -0.2) is 0 Å². The molecule has 2 heterocycles. The second-order valence-electron chi connectivity index (χ2n) is 3.97. The number of rotatable bonds is 4. The summed E-state index contributed by atoms with van der Waals surface area (Å²) in [6.07, 6.45) is 6.94. The van der Waals surface area contributed by atoms with Gasteiger partial charge in [0.05, 0.1) is 18.3 Å². The van der Waals surface area contributed by atoms with Crippen LogP contribution in [0, 0.1) is 0 Å². The van der Waals surface area contributed by atoms with Gasteiger partial charge in [0.25, 0.3) is 0 Å². The first-order valence-electron chi connectivity index (χ1n) is 5.41. The highest BCUT2D eigenvalue weighted by molar-refractivity contribution is 6.17. The van der Waals surface area contributed by atoms with Gasteiger partial charge in [0.15, 0.2) is 5.75 Å². The van der Waals surface area contributed by atoms with Crippen LogP contribution in [-0.4, -0.2) is 14.8 Å². The lowest BCUT2D eigenvalue weighted by Gasteiger charge is -2.06. The van der Waals surface area contributed by atoms with Gasteiger partial charge in [-0.2, -0.15) is 5.10 Å². The third-order valence-corrected chi connectivity index (χ3v) is 2.63. The summed E-state index contributed by atoms with van der Waals surface area (Å²) in [4.78, 5) is 4.01. The van der Waals surface area contributed by atoms with Gasteiger partial charge in [-0.1, -0.05) is 0 Å². The zero-order valence-corrected chi connectivity index (χ0v) is 10.6. The molecule has 2 aromatic heterocycles. The van der Waals surface area contributed by atoms with Gasteiger partial charge < -0.3 is 4.74 Å². The summed E-state index contributed by atoms with van der Waals surface area (Å²) < 4.78 is 7.57. The number of aromatic nitrogens is 3. The van der Waals surface area contributed by atoms with Crippen LogP contribution in [0.3, 0.4) is 0 Å². The van der Waals surface area contributed by atoms with Crippen LogP contribution in [0.4, 0.5) is 0 Å². The Morgan fingerprint density at radius 3 is 2.88 bits per heavy atom. The smallest absolute Gasteiger partial charge is 0.165 e. The predicted octanol–water partition coefficient (Wildman–Crippen LogP) is 3.39. The summed E-state index contributed by atoms with van der Waals surface area (Å²) in [5.74, 6) is 1.80. The maximum atomic E-state index is 5.81. The van der Waals surface area contributed by atoms with Crippen molar-refractivity contribution < 1.29 is 4.74 Å². The van der Waals surface area contributed by atoms with Crippen LogP contribution >= 0.6 is 11.6 Å². The lowest BCUT2D eigenvalue weighted by Crippen LogP contribution is -1.99. The zero-order valence-electron chi connectivity index (χ0n) is 9.80. The molecule has 0 bridgehead atoms. The summed E-state index contributed by atoms with van der Waals surface area (Å²) in [6.45, 7) is 4.13. The average Bonchev–Trinajstić information content (AvgIpc) is 2.78. The van der Waals surface area contributed by atoms with E-state index in [2.05, 4.69) is 23.9 Å². The number of hydrogen-bond acceptors (Lipinski definition) is 3. The second-order valence-corrected chi connectivity index (χ2v) is 4.24. The Morgan fingerprint density at radius 2 is 2.24 bits per heavy atom. The molecule has 0 amide bonds. The average molecular weight is 252 g/mol. The molecule has 17 heavy (non-hydrogen) atoms. The van der Waals surface area contributed by atoms with Crippen LogP contribution < -0.4 is 4.74 Å². The van der Waals surface area contributed by atoms with E-state index in [-0.39, 0.29) is 0 Å². The molecule has 0 fully saturated rings. The van der Waals surface area contributed by atoms with Crippen molar-refractivity contribution in [3.63, 3.8) is 0 Å². The van der Waals surface area contributed by atoms with E-state index in [0.29, 0.717) is 17.7 Å². The van der Waals surface area contributed by atoms with Gasteiger partial charge in [-0.05, 0) is 19.9 Å². The Hall–Kier alpha value is -1.55. The van der Waals surface area contributed by atoms with E-state index in [1.807, 2.05) is 10.9 Å². The number of hydrogen-bond donors (Lipinski definition) is 0. The number of nitrogens with zero attached hydrogens (tertiary/aromatic N) is 3. The van der Waals surface area contributed by atoms with Gasteiger partial charge in [-0.15, -0.1) is 11.6 Å². The van der Waals surface area contributed by atoms with E-state index in [4.69, 9.17) is 16.3 Å². The molecule has 0 unspecified atom stereocenters. The maximum absolute atomic E-state index is 5.81. The fourth-order valence-corrected chi connectivity index (χ4v) is 1.60. The Bertz CT molecular complexity index is 496. The van der Waals surface area contributed by atoms with E-state index in [1.54, 1.807) is 24.7 Å². The molecule has 0 aliphatic carbocycles. The topological polar surface area (TPSA) is 39.9 Å². The molecule has 0 aliphatic heterocycles. The van der Waals surface area contributed by atoms with Gasteiger partial charge >= 0.3 is 0 Å². The normalized spacial score (nSPS) is 10.8. The molecule has 0 spiro atoms. The Morgan fingerprint density at radius 1 is 1.41 bits per heavy atom. The summed E-state index contributed by atoms with van der Waals surface area (Å²) in [5, 5.41) is 4.21. The molecule has 90 valence electrons. The summed E-state index contributed by atoms with van der Waals surface area (Å²) in [6, 6.07) is 2.11. The minimum Gasteiger partial charge on any atom is -0.454 e. The highest BCUT2D eigenvalue weighted by Gasteiger charge is 2.07. The third-order valence-electron chi connectivity index (χ3n) is 2.34. The van der Waals surface area contributed by atoms with Crippen molar-refractivity contribution in [1.29, 1.82) is 0 Å². The third kappa shape index (κ3) is 2.77. The SMILES string of the molecule is CC(C)n1cc(Oc2ccncc2CCl)cn1. The first kappa shape index (κ1) is 11.9. The number of pyridine rings is 1. The first-order valence-corrected chi connectivity index (χ1v) is 5.95. The largest absolute Gasteiger partial charge is 0.454 e. The van der Waals surface area contributed by atoms with E-state index in [1.165, 1.54) is 0 Å². The minimum atomic E-state index is 0.317. The Labute approximate surface area is 105 Å². The number of ether oxygens (including phenoxy) is 1. The standard InChI is InChI=1S/C12H14ClN3O/c1-9(2)16-8-11(7-15-16)17-12-3-4-14-6-10(12)5-13/h3-4,6-9H,5H2,1-2H3. The predicted molar refractivity (Wildman–Crippen MR) is 66.5 cm³/mol. The van der Waals surface area contributed by atoms with E-state index < -0.39 is 0 Å². The molecule has 0 aliphatic rings. The van der Waals surface area contributed by atoms with Crippen LogP contribution in [0.1, 0.15) is 25.5 Å². The van der Waals surface area contributed by atoms with Gasteiger partial charge in [-0.3, -0.25) is 9.67 Å². The number of alkyl halides is 1. The van der Waals surface area contributed by atoms with Crippen LogP contribution in [0.25, 0.3) is 0 Å². The van der Waals surface area contributed by atoms with Crippen molar-refractivity contribution in [2.45, 2.75) is 25.8 Å². The zero-order chi connectivity index (χ0) is 12.3. The summed E-state index contributed by atoms with van der Waals surface area (Å²) >= 11 is 5.81. The van der Waals surface area contributed by atoms with Crippen molar-refractivity contribution >= 4 is 11.6 Å². The minimum absolute atomic E-state index is 0.317. The quantitative estimate of drug-likeness (QED) is 0.782. The molecule has 0 aromatic carbocycles. The molecule has 0 radical (unpaired) electrons. The fourth-order valence-electron chi connectivity index (χ4n) is 1.40. The fraction of sp³-hybridized carbons (Fsp3) is 0.333. The monoisotopic (exact) mass is 251 g/mol. The van der Waals surface area contributed by atoms with Crippen molar-refractivity contribution in [3.8, 4) is 11.5 Å². The van der Waals surface area contributed by atoms with Crippen molar-refractivity contribution in [2.75, 3.05) is 0 Å². The molecular weight excluding hydrogens is 238 g/mol. The first-order chi connectivity index (χ1) is 8.20. The van der Waals surface area contributed by atoms with Gasteiger partial charge in [0.1, 0.15) is 5.75 Å². The van der Waals surface area contributed by atoms with Crippen LogP contribution in [-0.2, 0) is 5.88 Å². The highest BCUT2D eigenvalue weighted by atomic mass is 35.5. The van der Waals surface area contributed by atoms with Crippen molar-refractivity contribution in [1.82, 2.24) is 14.8 Å². The molecule has 4 nitrogen and oxygen atoms in total. The molecule has 2 aromatic rings. The molecule has 0 saturated heterocycles. The lowest BCUT2D eigenvalue weighted by atomic mass is 10.3. The lowest BCUT2D eigenvalue weighted by molar-refractivity contribution is 0.472. The maximum Gasteiger partial charge on any atom is 0.165 e. The van der Waals surface area contributed by atoms with E-state index >= 15 is 0 Å². The highest BCUT2D eigenvalue weighted by Crippen LogP contribution is 2.25. The Balaban J connectivity index is 2.19. The molecule has 0 saturated carbocycles. The summed E-state index contributed by atoms with van der Waals surface area (Å²) in [7, 11) is 0. The molecular formula is C12H14ClN3O. The van der Waals surface area contributed by atoms with Crippen LogP contribution in [0.15, 0.2) is 30.9 Å². The van der Waals surface area contributed by atoms with Crippen LogP contribution in [0.5, 0.6) is 11.5 Å². The van der Waals surface area contributed by atoms with E-state index in [9.17, 15) is 0 Å². The van der Waals surface area contributed by atoms with Gasteiger partial charge in [0, 0.05) is 24.0 Å². The number of halogens is 1. The summed E-state index contributed by atoms with van der Waals surface area (Å²) in [5.41, 5.74) is 0.867. The Kier molecular flexibility index (Phi) is 3.64. The van der Waals surface area contributed by atoms with Crippen molar-refractivity contribution in [3.05, 3.63) is 36.4 Å². The van der Waals surface area contributed by atoms with Gasteiger partial charge in [0.2, 0.25) is 0 Å². The molecule has 2 rings (SSSR count). The molecule has 0 N–H and O–H groups in total. The van der Waals surface area contributed by atoms with Crippen molar-refractivity contribution in [2.24, 2.45) is 0 Å². The molecule has 0 atom stereocenters. The molecule has 5 heteroatoms. The van der Waals surface area contributed by atoms with E-state index in [0.717, 1.165) is 11.3 Å². The second kappa shape index (κ2) is 5.19.